The van der Waals surface area contributed by atoms with E-state index in [0.717, 1.165) is 31.6 Å². The van der Waals surface area contributed by atoms with Crippen LogP contribution in [0, 0.1) is 0 Å². The van der Waals surface area contributed by atoms with Crippen molar-refractivity contribution in [1.29, 1.82) is 0 Å². The second kappa shape index (κ2) is 4.44. The molecule has 96 valence electrons. The number of hydrogen-bond acceptors (Lipinski definition) is 5. The molecule has 0 saturated carbocycles. The largest absolute Gasteiger partial charge is 0.489 e. The average Bonchev–Trinajstić information content (AvgIpc) is 2.86. The van der Waals surface area contributed by atoms with Gasteiger partial charge in [0.2, 0.25) is 5.95 Å². The van der Waals surface area contributed by atoms with Gasteiger partial charge in [0.05, 0.1) is 12.3 Å². The second-order valence-corrected chi connectivity index (χ2v) is 4.60. The van der Waals surface area contributed by atoms with Gasteiger partial charge in [-0.25, -0.2) is 14.8 Å². The SMILES string of the molecule is O=C(O)c1nc(N2CCCCC2)nc2c1OCC2. The Bertz CT molecular complexity index is 484. The molecule has 2 aliphatic rings. The molecular weight excluding hydrogens is 234 g/mol. The number of rotatable bonds is 2. The first-order valence-corrected chi connectivity index (χ1v) is 6.27. The van der Waals surface area contributed by atoms with E-state index in [1.54, 1.807) is 0 Å². The lowest BCUT2D eigenvalue weighted by molar-refractivity contribution is 0.0686. The third kappa shape index (κ3) is 1.87. The molecule has 0 atom stereocenters. The normalized spacial score (nSPS) is 18.3. The van der Waals surface area contributed by atoms with Gasteiger partial charge in [-0.05, 0) is 19.3 Å². The van der Waals surface area contributed by atoms with Gasteiger partial charge in [0, 0.05) is 19.5 Å². The Morgan fingerprint density at radius 2 is 2.00 bits per heavy atom. The summed E-state index contributed by atoms with van der Waals surface area (Å²) in [4.78, 5) is 21.9. The number of aromatic carboxylic acids is 1. The van der Waals surface area contributed by atoms with Crippen LogP contribution < -0.4 is 9.64 Å². The summed E-state index contributed by atoms with van der Waals surface area (Å²) in [6, 6.07) is 0. The highest BCUT2D eigenvalue weighted by molar-refractivity contribution is 5.89. The smallest absolute Gasteiger partial charge is 0.358 e. The molecule has 1 fully saturated rings. The molecule has 0 unspecified atom stereocenters. The van der Waals surface area contributed by atoms with Crippen molar-refractivity contribution in [2.45, 2.75) is 25.7 Å². The molecule has 0 bridgehead atoms. The first-order chi connectivity index (χ1) is 8.75. The number of ether oxygens (including phenoxy) is 1. The molecule has 3 heterocycles. The van der Waals surface area contributed by atoms with Crippen molar-refractivity contribution in [2.75, 3.05) is 24.6 Å². The number of fused-ring (bicyclic) bond motifs is 1. The minimum Gasteiger partial charge on any atom is -0.489 e. The summed E-state index contributed by atoms with van der Waals surface area (Å²) in [7, 11) is 0. The van der Waals surface area contributed by atoms with Gasteiger partial charge in [-0.2, -0.15) is 0 Å². The van der Waals surface area contributed by atoms with Crippen molar-refractivity contribution in [3.63, 3.8) is 0 Å². The fourth-order valence-corrected chi connectivity index (χ4v) is 2.44. The lowest BCUT2D eigenvalue weighted by Crippen LogP contribution is -2.31. The summed E-state index contributed by atoms with van der Waals surface area (Å²) in [5, 5.41) is 9.18. The number of hydrogen-bond donors (Lipinski definition) is 1. The van der Waals surface area contributed by atoms with Crippen molar-refractivity contribution < 1.29 is 14.6 Å². The maximum atomic E-state index is 11.2. The van der Waals surface area contributed by atoms with Crippen LogP contribution in [-0.4, -0.2) is 40.7 Å². The molecule has 6 nitrogen and oxygen atoms in total. The summed E-state index contributed by atoms with van der Waals surface area (Å²) in [6.07, 6.45) is 4.11. The van der Waals surface area contributed by atoms with Gasteiger partial charge in [0.15, 0.2) is 11.4 Å². The third-order valence-electron chi connectivity index (χ3n) is 3.35. The number of aromatic nitrogens is 2. The maximum Gasteiger partial charge on any atom is 0.358 e. The van der Waals surface area contributed by atoms with Crippen molar-refractivity contribution in [3.05, 3.63) is 11.4 Å². The van der Waals surface area contributed by atoms with E-state index in [-0.39, 0.29) is 5.69 Å². The summed E-state index contributed by atoms with van der Waals surface area (Å²) in [5.41, 5.74) is 0.723. The average molecular weight is 249 g/mol. The van der Waals surface area contributed by atoms with Crippen molar-refractivity contribution in [3.8, 4) is 5.75 Å². The molecule has 0 spiro atoms. The Kier molecular flexibility index (Phi) is 2.77. The standard InChI is InChI=1S/C12H15N3O3/c16-11(17)9-10-8(4-7-18-10)13-12(14-9)15-5-2-1-3-6-15/h1-7H2,(H,16,17). The summed E-state index contributed by atoms with van der Waals surface area (Å²) < 4.78 is 5.31. The Morgan fingerprint density at radius 1 is 1.22 bits per heavy atom. The summed E-state index contributed by atoms with van der Waals surface area (Å²) in [6.45, 7) is 2.30. The van der Waals surface area contributed by atoms with Crippen LogP contribution in [0.2, 0.25) is 0 Å². The maximum absolute atomic E-state index is 11.2. The molecule has 0 aromatic carbocycles. The monoisotopic (exact) mass is 249 g/mol. The van der Waals surface area contributed by atoms with Crippen LogP contribution in [0.25, 0.3) is 0 Å². The molecule has 3 rings (SSSR count). The Hall–Kier alpha value is -1.85. The van der Waals surface area contributed by atoms with E-state index in [1.807, 2.05) is 0 Å². The molecule has 0 radical (unpaired) electrons. The number of carboxylic acid groups (broad SMARTS) is 1. The zero-order chi connectivity index (χ0) is 12.5. The lowest BCUT2D eigenvalue weighted by Gasteiger charge is -2.27. The zero-order valence-electron chi connectivity index (χ0n) is 10.1. The zero-order valence-corrected chi connectivity index (χ0v) is 10.1. The van der Waals surface area contributed by atoms with Crippen LogP contribution in [0.3, 0.4) is 0 Å². The van der Waals surface area contributed by atoms with Crippen molar-refractivity contribution in [1.82, 2.24) is 9.97 Å². The highest BCUT2D eigenvalue weighted by Gasteiger charge is 2.27. The number of carbonyl (C=O) groups is 1. The highest BCUT2D eigenvalue weighted by Crippen LogP contribution is 2.29. The van der Waals surface area contributed by atoms with E-state index in [4.69, 9.17) is 4.74 Å². The second-order valence-electron chi connectivity index (χ2n) is 4.60. The van der Waals surface area contributed by atoms with Crippen molar-refractivity contribution >= 4 is 11.9 Å². The predicted molar refractivity (Wildman–Crippen MR) is 64.3 cm³/mol. The molecule has 1 aromatic heterocycles. The topological polar surface area (TPSA) is 75.5 Å². The first-order valence-electron chi connectivity index (χ1n) is 6.27. The molecule has 0 amide bonds. The van der Waals surface area contributed by atoms with E-state index in [1.165, 1.54) is 6.42 Å². The van der Waals surface area contributed by atoms with Crippen LogP contribution in [0.5, 0.6) is 5.75 Å². The molecule has 1 aromatic rings. The van der Waals surface area contributed by atoms with E-state index >= 15 is 0 Å². The Morgan fingerprint density at radius 3 is 2.72 bits per heavy atom. The highest BCUT2D eigenvalue weighted by atomic mass is 16.5. The minimum absolute atomic E-state index is 0.00178. The predicted octanol–water partition coefficient (Wildman–Crippen LogP) is 1.10. The minimum atomic E-state index is -1.05. The van der Waals surface area contributed by atoms with Crippen LogP contribution in [-0.2, 0) is 6.42 Å². The molecule has 0 aliphatic carbocycles. The molecule has 1 N–H and O–H groups in total. The van der Waals surface area contributed by atoms with E-state index in [0.29, 0.717) is 24.7 Å². The summed E-state index contributed by atoms with van der Waals surface area (Å²) >= 11 is 0. The number of nitrogens with zero attached hydrogens (tertiary/aromatic N) is 3. The van der Waals surface area contributed by atoms with E-state index in [9.17, 15) is 9.90 Å². The summed E-state index contributed by atoms with van der Waals surface area (Å²) in [5.74, 6) is -0.159. The quantitative estimate of drug-likeness (QED) is 0.845. The number of piperidine rings is 1. The first kappa shape index (κ1) is 11.3. The van der Waals surface area contributed by atoms with Gasteiger partial charge in [-0.15, -0.1) is 0 Å². The molecule has 18 heavy (non-hydrogen) atoms. The van der Waals surface area contributed by atoms with Gasteiger partial charge in [0.25, 0.3) is 0 Å². The molecule has 1 saturated heterocycles. The van der Waals surface area contributed by atoms with Crippen LogP contribution in [0.1, 0.15) is 35.4 Å². The lowest BCUT2D eigenvalue weighted by atomic mass is 10.1. The van der Waals surface area contributed by atoms with Gasteiger partial charge in [0.1, 0.15) is 0 Å². The molecule has 6 heteroatoms. The Balaban J connectivity index is 2.00. The van der Waals surface area contributed by atoms with E-state index in [2.05, 4.69) is 14.9 Å². The number of carboxylic acids is 1. The third-order valence-corrected chi connectivity index (χ3v) is 3.35. The van der Waals surface area contributed by atoms with Gasteiger partial charge >= 0.3 is 5.97 Å². The fourth-order valence-electron chi connectivity index (χ4n) is 2.44. The van der Waals surface area contributed by atoms with Gasteiger partial charge < -0.3 is 14.7 Å². The van der Waals surface area contributed by atoms with Gasteiger partial charge in [-0.1, -0.05) is 0 Å². The van der Waals surface area contributed by atoms with Gasteiger partial charge in [-0.3, -0.25) is 0 Å². The van der Waals surface area contributed by atoms with Crippen molar-refractivity contribution in [2.24, 2.45) is 0 Å². The van der Waals surface area contributed by atoms with E-state index < -0.39 is 5.97 Å². The molecule has 2 aliphatic heterocycles. The van der Waals surface area contributed by atoms with Crippen LogP contribution >= 0.6 is 0 Å². The fraction of sp³-hybridized carbons (Fsp3) is 0.583. The number of anilines is 1. The molecular formula is C12H15N3O3. The van der Waals surface area contributed by atoms with Crippen LogP contribution in [0.15, 0.2) is 0 Å². The Labute approximate surface area is 105 Å². The van der Waals surface area contributed by atoms with Crippen LogP contribution in [0.4, 0.5) is 5.95 Å².